The molecule has 0 aromatic rings. The van der Waals surface area contributed by atoms with Crippen molar-refractivity contribution in [3.8, 4) is 0 Å². The van der Waals surface area contributed by atoms with Crippen molar-refractivity contribution in [2.24, 2.45) is 0 Å². The Labute approximate surface area is 62.0 Å². The molecule has 1 rings (SSSR count). The van der Waals surface area contributed by atoms with Crippen LogP contribution in [0, 0.1) is 0 Å². The number of allylic oxidation sites excluding steroid dienone is 3. The van der Waals surface area contributed by atoms with Gasteiger partial charge >= 0.3 is 62.0 Å². The van der Waals surface area contributed by atoms with Crippen molar-refractivity contribution in [2.45, 2.75) is 13.8 Å². The molecule has 0 saturated carbocycles. The molecule has 1 heteroatoms. The second-order valence-corrected chi connectivity index (χ2v) is 8.24. The first-order valence-electron chi connectivity index (χ1n) is 2.83. The van der Waals surface area contributed by atoms with E-state index in [2.05, 4.69) is 29.6 Å². The van der Waals surface area contributed by atoms with Gasteiger partial charge in [0.25, 0.3) is 0 Å². The first-order valence-corrected chi connectivity index (χ1v) is 7.66. The molecule has 1 heterocycles. The van der Waals surface area contributed by atoms with Crippen molar-refractivity contribution in [3.63, 3.8) is 0 Å². The van der Waals surface area contributed by atoms with E-state index < -0.39 is 23.7 Å². The fraction of sp³-hybridized carbons (Fsp3) is 0.286. The SMILES string of the molecule is CC1=CC=[CH][Tl]=[C]1C. The summed E-state index contributed by atoms with van der Waals surface area (Å²) in [5, 5.41) is 0. The average molecular weight is 298 g/mol. The second-order valence-electron chi connectivity index (χ2n) is 2.08. The van der Waals surface area contributed by atoms with Crippen LogP contribution in [0.3, 0.4) is 0 Å². The maximum atomic E-state index is 2.39. The van der Waals surface area contributed by atoms with Gasteiger partial charge in [0.05, 0.1) is 0 Å². The molecule has 0 nitrogen and oxygen atoms in total. The predicted molar refractivity (Wildman–Crippen MR) is 39.3 cm³/mol. The van der Waals surface area contributed by atoms with E-state index in [1.165, 1.54) is 5.57 Å². The molecular weight excluding hydrogens is 288 g/mol. The van der Waals surface area contributed by atoms with Gasteiger partial charge in [0.15, 0.2) is 0 Å². The minimum absolute atomic E-state index is 0.491. The molecule has 0 unspecified atom stereocenters. The van der Waals surface area contributed by atoms with E-state index in [9.17, 15) is 0 Å². The molecule has 40 valence electrons. The summed E-state index contributed by atoms with van der Waals surface area (Å²) < 4.78 is 4.09. The molecule has 1 aliphatic heterocycles. The van der Waals surface area contributed by atoms with Gasteiger partial charge in [-0.2, -0.15) is 0 Å². The van der Waals surface area contributed by atoms with Crippen LogP contribution in [0.4, 0.5) is 0 Å². The zero-order valence-electron chi connectivity index (χ0n) is 5.31. The van der Waals surface area contributed by atoms with Crippen molar-refractivity contribution in [2.75, 3.05) is 0 Å². The average Bonchev–Trinajstić information content (AvgIpc) is 1.77. The Balaban J connectivity index is 2.93. The molecule has 0 N–H and O–H groups in total. The minimum atomic E-state index is -0.491. The summed E-state index contributed by atoms with van der Waals surface area (Å²) in [5.74, 6) is 0. The van der Waals surface area contributed by atoms with Crippen LogP contribution in [0.25, 0.3) is 0 Å². The molecule has 1 aliphatic rings. The zero-order chi connectivity index (χ0) is 5.98. The van der Waals surface area contributed by atoms with Crippen molar-refractivity contribution in [3.05, 3.63) is 21.4 Å². The van der Waals surface area contributed by atoms with Crippen LogP contribution in [0.5, 0.6) is 0 Å². The Hall–Kier alpha value is 0.272. The van der Waals surface area contributed by atoms with Gasteiger partial charge < -0.3 is 0 Å². The van der Waals surface area contributed by atoms with Gasteiger partial charge in [-0.05, 0) is 0 Å². The molecule has 0 radical (unpaired) electrons. The summed E-state index contributed by atoms with van der Waals surface area (Å²) in [6, 6.07) is 0. The normalized spacial score (nSPS) is 16.8. The van der Waals surface area contributed by atoms with E-state index in [4.69, 9.17) is 0 Å². The van der Waals surface area contributed by atoms with Crippen LogP contribution >= 0.6 is 0 Å². The monoisotopic (exact) mass is 298 g/mol. The quantitative estimate of drug-likeness (QED) is 0.592. The van der Waals surface area contributed by atoms with Gasteiger partial charge in [-0.25, -0.2) is 0 Å². The summed E-state index contributed by atoms with van der Waals surface area (Å²) in [5.41, 5.74) is 1.52. The Morgan fingerprint density at radius 2 is 2.12 bits per heavy atom. The Morgan fingerprint density at radius 1 is 1.38 bits per heavy atom. The molecule has 0 amide bonds. The third kappa shape index (κ3) is 1.37. The summed E-state index contributed by atoms with van der Waals surface area (Å²) >= 11 is -0.491. The van der Waals surface area contributed by atoms with E-state index in [-0.39, 0.29) is 0 Å². The first kappa shape index (κ1) is 6.39. The summed E-state index contributed by atoms with van der Waals surface area (Å²) in [6.07, 6.45) is 4.41. The van der Waals surface area contributed by atoms with Gasteiger partial charge in [0.1, 0.15) is 0 Å². The molecule has 0 aromatic heterocycles. The van der Waals surface area contributed by atoms with Crippen molar-refractivity contribution >= 4 is 26.8 Å². The molecule has 0 aliphatic carbocycles. The molecule has 0 aromatic carbocycles. The van der Waals surface area contributed by atoms with E-state index in [1.54, 1.807) is 3.06 Å². The van der Waals surface area contributed by atoms with E-state index in [0.717, 1.165) is 0 Å². The van der Waals surface area contributed by atoms with Crippen molar-refractivity contribution < 1.29 is 0 Å². The van der Waals surface area contributed by atoms with E-state index in [1.807, 2.05) is 0 Å². The standard InChI is InChI=1S/C7H9.Tl/c1-4-6-7(3)5-2;/h1,4,6H,2-3H3;. The summed E-state index contributed by atoms with van der Waals surface area (Å²) in [6.45, 7) is 4.47. The van der Waals surface area contributed by atoms with Crippen LogP contribution in [0.15, 0.2) is 21.4 Å². The van der Waals surface area contributed by atoms with Gasteiger partial charge in [0, 0.05) is 0 Å². The van der Waals surface area contributed by atoms with E-state index >= 15 is 0 Å². The Morgan fingerprint density at radius 3 is 2.50 bits per heavy atom. The van der Waals surface area contributed by atoms with Crippen LogP contribution in [0.1, 0.15) is 13.8 Å². The maximum absolute atomic E-state index is 2.39. The third-order valence-corrected chi connectivity index (χ3v) is 6.75. The topological polar surface area (TPSA) is 0 Å². The summed E-state index contributed by atoms with van der Waals surface area (Å²) in [4.78, 5) is 0. The van der Waals surface area contributed by atoms with Crippen LogP contribution < -0.4 is 0 Å². The number of hydrogen-bond acceptors (Lipinski definition) is 0. The van der Waals surface area contributed by atoms with Gasteiger partial charge in [-0.3, -0.25) is 0 Å². The molecule has 0 fully saturated rings. The molecular formula is C7H9Tl. The van der Waals surface area contributed by atoms with Crippen LogP contribution in [-0.2, 0) is 0 Å². The summed E-state index contributed by atoms with van der Waals surface area (Å²) in [7, 11) is 0. The fourth-order valence-electron chi connectivity index (χ4n) is 0.663. The predicted octanol–water partition coefficient (Wildman–Crippen LogP) is 1.36. The second kappa shape index (κ2) is 2.71. The van der Waals surface area contributed by atoms with Crippen LogP contribution in [0.2, 0.25) is 0 Å². The van der Waals surface area contributed by atoms with Gasteiger partial charge in [-0.1, -0.05) is 0 Å². The number of rotatable bonds is 0. The molecule has 0 saturated heterocycles. The Kier molecular flexibility index (Phi) is 2.17. The number of hydrogen-bond donors (Lipinski definition) is 0. The fourth-order valence-corrected chi connectivity index (χ4v) is 4.04. The van der Waals surface area contributed by atoms with Crippen molar-refractivity contribution in [1.29, 1.82) is 0 Å². The third-order valence-electron chi connectivity index (χ3n) is 1.43. The molecule has 0 spiro atoms. The zero-order valence-corrected chi connectivity index (χ0v) is 9.80. The first-order chi connectivity index (χ1) is 3.80. The van der Waals surface area contributed by atoms with Crippen molar-refractivity contribution in [1.82, 2.24) is 0 Å². The van der Waals surface area contributed by atoms with Crippen LogP contribution in [-0.4, -0.2) is 26.8 Å². The van der Waals surface area contributed by atoms with Gasteiger partial charge in [-0.15, -0.1) is 0 Å². The molecule has 8 heavy (non-hydrogen) atoms. The van der Waals surface area contributed by atoms with Gasteiger partial charge in [0.2, 0.25) is 0 Å². The molecule has 0 bridgehead atoms. The van der Waals surface area contributed by atoms with E-state index in [0.29, 0.717) is 0 Å². The molecule has 0 atom stereocenters. The Bertz CT molecular complexity index is 153.